The van der Waals surface area contributed by atoms with Crippen molar-refractivity contribution >= 4 is 46.6 Å². The number of benzene rings is 1. The van der Waals surface area contributed by atoms with Crippen LogP contribution in [0.3, 0.4) is 0 Å². The van der Waals surface area contributed by atoms with E-state index < -0.39 is 0 Å². The first-order chi connectivity index (χ1) is 12.1. The van der Waals surface area contributed by atoms with E-state index in [2.05, 4.69) is 15.5 Å². The van der Waals surface area contributed by atoms with Crippen LogP contribution in [-0.4, -0.2) is 53.2 Å². The van der Waals surface area contributed by atoms with Gasteiger partial charge in [0, 0.05) is 19.2 Å². The number of nitrogens with zero attached hydrogens (tertiary/aromatic N) is 2. The molecule has 0 radical (unpaired) electrons. The maximum atomic E-state index is 12.1. The van der Waals surface area contributed by atoms with E-state index in [1.54, 1.807) is 19.2 Å². The Morgan fingerprint density at radius 1 is 1.24 bits per heavy atom. The van der Waals surface area contributed by atoms with Crippen molar-refractivity contribution < 1.29 is 14.3 Å². The average molecular weight is 398 g/mol. The maximum absolute atomic E-state index is 12.1. The third-order valence-electron chi connectivity index (χ3n) is 3.06. The first-order valence-corrected chi connectivity index (χ1v) is 10.3. The first-order valence-electron chi connectivity index (χ1n) is 7.58. The third kappa shape index (κ3) is 6.77. The van der Waals surface area contributed by atoms with Crippen LogP contribution in [0.1, 0.15) is 17.3 Å². The molecule has 0 aliphatic heterocycles. The monoisotopic (exact) mass is 397 g/mol. The molecule has 0 spiro atoms. The Balaban J connectivity index is 1.79. The summed E-state index contributed by atoms with van der Waals surface area (Å²) in [6.07, 6.45) is 0. The minimum absolute atomic E-state index is 0.0564. The summed E-state index contributed by atoms with van der Waals surface area (Å²) in [5.41, 5.74) is 0.690. The molecule has 0 saturated carbocycles. The van der Waals surface area contributed by atoms with E-state index in [-0.39, 0.29) is 16.9 Å². The van der Waals surface area contributed by atoms with E-state index >= 15 is 0 Å². The van der Waals surface area contributed by atoms with Crippen LogP contribution in [0.2, 0.25) is 0 Å². The number of thioether (sulfide) groups is 2. The number of carbonyl (C=O) groups excluding carboxylic acids is 2. The van der Waals surface area contributed by atoms with E-state index in [0.29, 0.717) is 28.8 Å². The highest BCUT2D eigenvalue weighted by atomic mass is 32.2. The number of aromatic nitrogens is 2. The van der Waals surface area contributed by atoms with Gasteiger partial charge in [0.2, 0.25) is 5.91 Å². The third-order valence-corrected chi connectivity index (χ3v) is 6.30. The van der Waals surface area contributed by atoms with Crippen molar-refractivity contribution in [2.24, 2.45) is 0 Å². The molecule has 6 nitrogen and oxygen atoms in total. The van der Waals surface area contributed by atoms with Crippen LogP contribution in [0, 0.1) is 0 Å². The number of methoxy groups -OCH3 is 1. The van der Waals surface area contributed by atoms with Crippen LogP contribution in [0.15, 0.2) is 39.0 Å². The van der Waals surface area contributed by atoms with E-state index in [1.165, 1.54) is 34.9 Å². The predicted molar refractivity (Wildman–Crippen MR) is 102 cm³/mol. The number of hydrogen-bond acceptors (Lipinski definition) is 8. The number of nitrogens with one attached hydrogen (secondary N) is 1. The normalized spacial score (nSPS) is 11.9. The van der Waals surface area contributed by atoms with Crippen LogP contribution >= 0.6 is 34.9 Å². The maximum Gasteiger partial charge on any atom is 0.233 e. The number of rotatable bonds is 10. The summed E-state index contributed by atoms with van der Waals surface area (Å²) in [5, 5.41) is 10.7. The molecule has 0 bridgehead atoms. The summed E-state index contributed by atoms with van der Waals surface area (Å²) in [4.78, 5) is 24.0. The zero-order valence-corrected chi connectivity index (χ0v) is 16.4. The highest BCUT2D eigenvalue weighted by molar-refractivity contribution is 8.04. The molecule has 1 aromatic heterocycles. The zero-order chi connectivity index (χ0) is 18.1. The first kappa shape index (κ1) is 19.9. The van der Waals surface area contributed by atoms with Gasteiger partial charge in [0.25, 0.3) is 0 Å². The van der Waals surface area contributed by atoms with Gasteiger partial charge >= 0.3 is 0 Å². The molecule has 0 aliphatic rings. The number of hydrogen-bond donors (Lipinski definition) is 1. The van der Waals surface area contributed by atoms with Gasteiger partial charge in [0.05, 0.1) is 17.6 Å². The quantitative estimate of drug-likeness (QED) is 0.375. The zero-order valence-electron chi connectivity index (χ0n) is 13.9. The molecule has 0 aliphatic carbocycles. The summed E-state index contributed by atoms with van der Waals surface area (Å²) >= 11 is 4.11. The summed E-state index contributed by atoms with van der Waals surface area (Å²) < 4.78 is 6.33. The van der Waals surface area contributed by atoms with Crippen molar-refractivity contribution in [1.82, 2.24) is 15.5 Å². The molecular formula is C16H19N3O3S3. The average Bonchev–Trinajstić information content (AvgIpc) is 3.07. The minimum Gasteiger partial charge on any atom is -0.383 e. The Hall–Kier alpha value is -1.42. The van der Waals surface area contributed by atoms with E-state index in [4.69, 9.17) is 4.74 Å². The predicted octanol–water partition coefficient (Wildman–Crippen LogP) is 2.76. The number of ketones is 1. The molecular weight excluding hydrogens is 378 g/mol. The molecule has 25 heavy (non-hydrogen) atoms. The molecule has 2 aromatic rings. The summed E-state index contributed by atoms with van der Waals surface area (Å²) in [7, 11) is 1.59. The number of ether oxygens (including phenoxy) is 1. The van der Waals surface area contributed by atoms with Gasteiger partial charge in [-0.15, -0.1) is 10.2 Å². The number of carbonyl (C=O) groups is 2. The van der Waals surface area contributed by atoms with Gasteiger partial charge in [-0.05, 0) is 6.92 Å². The van der Waals surface area contributed by atoms with E-state index in [9.17, 15) is 9.59 Å². The van der Waals surface area contributed by atoms with Crippen LogP contribution in [-0.2, 0) is 9.53 Å². The Morgan fingerprint density at radius 3 is 2.68 bits per heavy atom. The molecule has 1 amide bonds. The molecule has 1 N–H and O–H groups in total. The van der Waals surface area contributed by atoms with Gasteiger partial charge in [0.15, 0.2) is 14.5 Å². The largest absolute Gasteiger partial charge is 0.383 e. The van der Waals surface area contributed by atoms with Crippen molar-refractivity contribution in [3.63, 3.8) is 0 Å². The SMILES string of the molecule is COCCNC(=O)[C@H](C)Sc1nnc(SCC(=O)c2ccccc2)s1. The molecule has 9 heteroatoms. The highest BCUT2D eigenvalue weighted by Gasteiger charge is 2.17. The van der Waals surface area contributed by atoms with Crippen LogP contribution in [0.4, 0.5) is 0 Å². The van der Waals surface area contributed by atoms with Crippen molar-refractivity contribution in [2.75, 3.05) is 26.0 Å². The lowest BCUT2D eigenvalue weighted by Crippen LogP contribution is -2.33. The van der Waals surface area contributed by atoms with E-state index in [1.807, 2.05) is 25.1 Å². The fraction of sp³-hybridized carbons (Fsp3) is 0.375. The molecule has 0 unspecified atom stereocenters. The van der Waals surface area contributed by atoms with Crippen molar-refractivity contribution in [1.29, 1.82) is 0 Å². The number of Topliss-reactive ketones (excluding diaryl/α,β-unsaturated/α-hetero) is 1. The smallest absolute Gasteiger partial charge is 0.233 e. The highest BCUT2D eigenvalue weighted by Crippen LogP contribution is 2.31. The van der Waals surface area contributed by atoms with Crippen molar-refractivity contribution in [3.8, 4) is 0 Å². The Morgan fingerprint density at radius 2 is 1.96 bits per heavy atom. The minimum atomic E-state index is -0.270. The van der Waals surface area contributed by atoms with Gasteiger partial charge in [-0.25, -0.2) is 0 Å². The number of amides is 1. The Bertz CT molecular complexity index is 694. The fourth-order valence-electron chi connectivity index (χ4n) is 1.76. The van der Waals surface area contributed by atoms with Gasteiger partial charge in [-0.2, -0.15) is 0 Å². The fourth-order valence-corrected chi connectivity index (χ4v) is 4.85. The van der Waals surface area contributed by atoms with Crippen LogP contribution in [0.5, 0.6) is 0 Å². The lowest BCUT2D eigenvalue weighted by Gasteiger charge is -2.09. The second-order valence-corrected chi connectivity index (χ2v) is 8.74. The molecule has 1 aromatic carbocycles. The molecule has 2 rings (SSSR count). The van der Waals surface area contributed by atoms with Gasteiger partial charge in [-0.1, -0.05) is 65.2 Å². The van der Waals surface area contributed by atoms with Crippen LogP contribution < -0.4 is 5.32 Å². The molecule has 1 atom stereocenters. The Labute approximate surface area is 159 Å². The van der Waals surface area contributed by atoms with Crippen molar-refractivity contribution in [2.45, 2.75) is 20.9 Å². The summed E-state index contributed by atoms with van der Waals surface area (Å²) in [5.74, 6) is 0.308. The molecule has 134 valence electrons. The second-order valence-electron chi connectivity index (χ2n) is 4.96. The van der Waals surface area contributed by atoms with Crippen LogP contribution in [0.25, 0.3) is 0 Å². The second kappa shape index (κ2) is 10.5. The molecule has 0 fully saturated rings. The summed E-state index contributed by atoms with van der Waals surface area (Å²) in [6, 6.07) is 9.17. The lowest BCUT2D eigenvalue weighted by molar-refractivity contribution is -0.120. The van der Waals surface area contributed by atoms with Gasteiger partial charge < -0.3 is 10.1 Å². The van der Waals surface area contributed by atoms with Crippen molar-refractivity contribution in [3.05, 3.63) is 35.9 Å². The standard InChI is InChI=1S/C16H19N3O3S3/c1-11(14(21)17-8-9-22-2)24-16-19-18-15(25-16)23-10-13(20)12-6-4-3-5-7-12/h3-7,11H,8-10H2,1-2H3,(H,17,21)/t11-/m0/s1. The molecule has 1 heterocycles. The topological polar surface area (TPSA) is 81.2 Å². The summed E-state index contributed by atoms with van der Waals surface area (Å²) in [6.45, 7) is 2.79. The Kier molecular flexibility index (Phi) is 8.39. The van der Waals surface area contributed by atoms with E-state index in [0.717, 1.165) is 4.34 Å². The van der Waals surface area contributed by atoms with Gasteiger partial charge in [0.1, 0.15) is 0 Å². The lowest BCUT2D eigenvalue weighted by atomic mass is 10.2. The van der Waals surface area contributed by atoms with Gasteiger partial charge in [-0.3, -0.25) is 9.59 Å². The molecule has 0 saturated heterocycles.